The number of carbonyl (C=O) groups excluding carboxylic acids is 1. The molecule has 0 unspecified atom stereocenters. The molecule has 0 bridgehead atoms. The van der Waals surface area contributed by atoms with Gasteiger partial charge in [-0.1, -0.05) is 6.07 Å². The Morgan fingerprint density at radius 3 is 2.63 bits per heavy atom. The molecule has 3 aromatic rings. The summed E-state index contributed by atoms with van der Waals surface area (Å²) in [6, 6.07) is 9.09. The Labute approximate surface area is 175 Å². The van der Waals surface area contributed by atoms with Crippen molar-refractivity contribution >= 4 is 15.9 Å². The molecule has 10 heteroatoms. The van der Waals surface area contributed by atoms with Crippen LogP contribution in [0.1, 0.15) is 22.6 Å². The van der Waals surface area contributed by atoms with Crippen LogP contribution in [0.15, 0.2) is 53.9 Å². The van der Waals surface area contributed by atoms with Crippen molar-refractivity contribution in [2.75, 3.05) is 26.2 Å². The average Bonchev–Trinajstić information content (AvgIpc) is 3.31. The smallest absolute Gasteiger partial charge is 0.262 e. The Hall–Kier alpha value is -2.98. The van der Waals surface area contributed by atoms with Crippen LogP contribution in [0.3, 0.4) is 0 Å². The number of carbonyl (C=O) groups is 1. The fraction of sp³-hybridized carbons (Fsp3) is 0.350. The highest BCUT2D eigenvalue weighted by atomic mass is 32.2. The minimum Gasteiger partial charge on any atom is -0.337 e. The van der Waals surface area contributed by atoms with E-state index in [1.165, 1.54) is 10.5 Å². The Kier molecular flexibility index (Phi) is 5.44. The molecule has 0 aliphatic carbocycles. The van der Waals surface area contributed by atoms with Crippen LogP contribution in [-0.4, -0.2) is 69.0 Å². The summed E-state index contributed by atoms with van der Waals surface area (Å²) in [5.41, 5.74) is 1.36. The number of imidazole rings is 1. The molecule has 0 atom stereocenters. The zero-order chi connectivity index (χ0) is 21.3. The van der Waals surface area contributed by atoms with Crippen LogP contribution in [0.4, 0.5) is 0 Å². The van der Waals surface area contributed by atoms with Crippen LogP contribution >= 0.6 is 0 Å². The zero-order valence-electron chi connectivity index (χ0n) is 17.0. The first-order valence-corrected chi connectivity index (χ1v) is 11.2. The molecule has 2 aromatic heterocycles. The summed E-state index contributed by atoms with van der Waals surface area (Å²) in [6.45, 7) is 3.19. The Bertz CT molecular complexity index is 1130. The molecule has 1 aromatic carbocycles. The number of benzene rings is 1. The first-order valence-electron chi connectivity index (χ1n) is 9.76. The monoisotopic (exact) mass is 428 g/mol. The van der Waals surface area contributed by atoms with E-state index < -0.39 is 10.0 Å². The van der Waals surface area contributed by atoms with Crippen molar-refractivity contribution in [2.24, 2.45) is 7.05 Å². The van der Waals surface area contributed by atoms with Crippen molar-refractivity contribution < 1.29 is 13.2 Å². The largest absolute Gasteiger partial charge is 0.337 e. The van der Waals surface area contributed by atoms with Gasteiger partial charge in [-0.25, -0.2) is 18.1 Å². The summed E-state index contributed by atoms with van der Waals surface area (Å²) in [7, 11) is -1.92. The lowest BCUT2D eigenvalue weighted by Gasteiger charge is -2.21. The van der Waals surface area contributed by atoms with Crippen LogP contribution < -0.4 is 0 Å². The molecule has 4 rings (SSSR count). The van der Waals surface area contributed by atoms with Crippen molar-refractivity contribution in [3.05, 3.63) is 60.3 Å². The maximum absolute atomic E-state index is 13.1. The van der Waals surface area contributed by atoms with Gasteiger partial charge >= 0.3 is 0 Å². The molecule has 9 nitrogen and oxygen atoms in total. The lowest BCUT2D eigenvalue weighted by Crippen LogP contribution is -2.37. The Morgan fingerprint density at radius 1 is 1.10 bits per heavy atom. The second-order valence-corrected chi connectivity index (χ2v) is 9.17. The van der Waals surface area contributed by atoms with E-state index in [-0.39, 0.29) is 17.5 Å². The van der Waals surface area contributed by atoms with E-state index in [4.69, 9.17) is 0 Å². The molecule has 1 aliphatic heterocycles. The normalized spacial score (nSPS) is 15.9. The molecule has 0 saturated carbocycles. The van der Waals surface area contributed by atoms with Gasteiger partial charge in [0.05, 0.1) is 5.69 Å². The summed E-state index contributed by atoms with van der Waals surface area (Å²) in [4.78, 5) is 18.9. The van der Waals surface area contributed by atoms with Crippen LogP contribution in [0.5, 0.6) is 0 Å². The van der Waals surface area contributed by atoms with E-state index in [1.54, 1.807) is 46.4 Å². The van der Waals surface area contributed by atoms with Gasteiger partial charge in [-0.3, -0.25) is 4.79 Å². The van der Waals surface area contributed by atoms with Crippen molar-refractivity contribution in [2.45, 2.75) is 18.4 Å². The van der Waals surface area contributed by atoms with Gasteiger partial charge in [-0.2, -0.15) is 9.40 Å². The molecule has 0 spiro atoms. The third-order valence-corrected chi connectivity index (χ3v) is 7.07. The quantitative estimate of drug-likeness (QED) is 0.627. The maximum atomic E-state index is 13.1. The van der Waals surface area contributed by atoms with Crippen molar-refractivity contribution in [1.82, 2.24) is 28.5 Å². The van der Waals surface area contributed by atoms with Crippen LogP contribution in [-0.2, 0) is 17.1 Å². The molecular weight excluding hydrogens is 404 g/mol. The van der Waals surface area contributed by atoms with E-state index >= 15 is 0 Å². The molecular formula is C20H24N6O3S. The van der Waals surface area contributed by atoms with Crippen molar-refractivity contribution in [1.29, 1.82) is 0 Å². The molecule has 1 aliphatic rings. The summed E-state index contributed by atoms with van der Waals surface area (Å²) in [5, 5.41) is 4.25. The number of hydrogen-bond acceptors (Lipinski definition) is 5. The number of nitrogens with zero attached hydrogens (tertiary/aromatic N) is 6. The standard InChI is InChI=1S/C20H24N6O3S/c1-16-22-19(15-23(16)2)30(28,29)25-10-5-9-24(12-13-25)20(27)17-6-3-7-18(14-17)26-11-4-8-21-26/h3-4,6-8,11,14-15H,5,9-10,12-13H2,1-2H3. The fourth-order valence-electron chi connectivity index (χ4n) is 3.51. The van der Waals surface area contributed by atoms with Crippen LogP contribution in [0.25, 0.3) is 5.69 Å². The van der Waals surface area contributed by atoms with Gasteiger partial charge in [0.1, 0.15) is 5.82 Å². The van der Waals surface area contributed by atoms with Gasteiger partial charge in [-0.05, 0) is 37.6 Å². The number of amides is 1. The lowest BCUT2D eigenvalue weighted by atomic mass is 10.1. The Morgan fingerprint density at radius 2 is 1.93 bits per heavy atom. The number of aryl methyl sites for hydroxylation is 2. The van der Waals surface area contributed by atoms with Gasteiger partial charge in [0.2, 0.25) is 0 Å². The van der Waals surface area contributed by atoms with Gasteiger partial charge in [0.15, 0.2) is 5.03 Å². The summed E-state index contributed by atoms with van der Waals surface area (Å²) in [5.74, 6) is 0.522. The predicted octanol–water partition coefficient (Wildman–Crippen LogP) is 1.45. The van der Waals surface area contributed by atoms with Gasteiger partial charge < -0.3 is 9.47 Å². The minimum atomic E-state index is -3.69. The summed E-state index contributed by atoms with van der Waals surface area (Å²) >= 11 is 0. The van der Waals surface area contributed by atoms with Crippen molar-refractivity contribution in [3.63, 3.8) is 0 Å². The third kappa shape index (κ3) is 3.88. The molecule has 3 heterocycles. The zero-order valence-corrected chi connectivity index (χ0v) is 17.8. The average molecular weight is 429 g/mol. The van der Waals surface area contributed by atoms with Crippen molar-refractivity contribution in [3.8, 4) is 5.69 Å². The van der Waals surface area contributed by atoms with Crippen LogP contribution in [0, 0.1) is 6.92 Å². The van der Waals surface area contributed by atoms with E-state index in [1.807, 2.05) is 24.4 Å². The van der Waals surface area contributed by atoms with Crippen LogP contribution in [0.2, 0.25) is 0 Å². The molecule has 1 saturated heterocycles. The minimum absolute atomic E-state index is 0.0502. The topological polar surface area (TPSA) is 93.3 Å². The number of hydrogen-bond donors (Lipinski definition) is 0. The second-order valence-electron chi connectivity index (χ2n) is 7.29. The molecule has 0 N–H and O–H groups in total. The van der Waals surface area contributed by atoms with Gasteiger partial charge in [0, 0.05) is 57.4 Å². The lowest BCUT2D eigenvalue weighted by molar-refractivity contribution is 0.0764. The Balaban J connectivity index is 1.49. The first-order chi connectivity index (χ1) is 14.4. The second kappa shape index (κ2) is 8.04. The first kappa shape index (κ1) is 20.3. The fourth-order valence-corrected chi connectivity index (χ4v) is 5.00. The maximum Gasteiger partial charge on any atom is 0.262 e. The van der Waals surface area contributed by atoms with Gasteiger partial charge in [-0.15, -0.1) is 0 Å². The number of rotatable bonds is 4. The molecule has 0 radical (unpaired) electrons. The molecule has 30 heavy (non-hydrogen) atoms. The summed E-state index contributed by atoms with van der Waals surface area (Å²) < 4.78 is 30.7. The SMILES string of the molecule is Cc1nc(S(=O)(=O)N2CCCN(C(=O)c3cccc(-n4cccn4)c3)CC2)cn1C. The van der Waals surface area contributed by atoms with Gasteiger partial charge in [0.25, 0.3) is 15.9 Å². The molecule has 1 fully saturated rings. The summed E-state index contributed by atoms with van der Waals surface area (Å²) in [6.07, 6.45) is 5.59. The highest BCUT2D eigenvalue weighted by Crippen LogP contribution is 2.19. The van der Waals surface area contributed by atoms with E-state index in [0.717, 1.165) is 5.69 Å². The van der Waals surface area contributed by atoms with E-state index in [9.17, 15) is 13.2 Å². The number of sulfonamides is 1. The highest BCUT2D eigenvalue weighted by molar-refractivity contribution is 7.89. The third-order valence-electron chi connectivity index (χ3n) is 5.29. The molecule has 158 valence electrons. The van der Waals surface area contributed by atoms with E-state index in [2.05, 4.69) is 10.1 Å². The highest BCUT2D eigenvalue weighted by Gasteiger charge is 2.30. The van der Waals surface area contributed by atoms with E-state index in [0.29, 0.717) is 37.4 Å². The molecule has 1 amide bonds. The predicted molar refractivity (Wildman–Crippen MR) is 111 cm³/mol. The number of aromatic nitrogens is 4.